The molecular weight excluding hydrogens is 426 g/mol. The number of hydrogen-bond acceptors (Lipinski definition) is 6. The van der Waals surface area contributed by atoms with Crippen molar-refractivity contribution in [2.45, 2.75) is 52.6 Å². The zero-order valence-electron chi connectivity index (χ0n) is 19.1. The molecule has 0 unspecified atom stereocenters. The van der Waals surface area contributed by atoms with Gasteiger partial charge in [-0.05, 0) is 38.2 Å². The van der Waals surface area contributed by atoms with Gasteiger partial charge in [-0.15, -0.1) is 11.3 Å². The van der Waals surface area contributed by atoms with Gasteiger partial charge in [-0.3, -0.25) is 4.79 Å². The molecule has 0 radical (unpaired) electrons. The Morgan fingerprint density at radius 1 is 1.31 bits per heavy atom. The SMILES string of the molecule is COC(=O)N[C@H](C(=O)N1CCC[C@H]1c1ncc(-c2ccc(C)c3nc(C)sc23)[nH]1)C(C)C. The number of hydrogen-bond donors (Lipinski definition) is 2. The average molecular weight is 456 g/mol. The summed E-state index contributed by atoms with van der Waals surface area (Å²) in [5.41, 5.74) is 4.16. The lowest BCUT2D eigenvalue weighted by Crippen LogP contribution is -2.51. The molecule has 0 aliphatic carbocycles. The zero-order valence-corrected chi connectivity index (χ0v) is 19.9. The van der Waals surface area contributed by atoms with Crippen molar-refractivity contribution in [2.24, 2.45) is 5.92 Å². The lowest BCUT2D eigenvalue weighted by Gasteiger charge is -2.30. The summed E-state index contributed by atoms with van der Waals surface area (Å²) in [6, 6.07) is 3.38. The molecule has 2 N–H and O–H groups in total. The third kappa shape index (κ3) is 4.09. The van der Waals surface area contributed by atoms with Gasteiger partial charge in [0, 0.05) is 12.1 Å². The van der Waals surface area contributed by atoms with Gasteiger partial charge in [0.05, 0.1) is 40.3 Å². The Labute approximate surface area is 191 Å². The maximum absolute atomic E-state index is 13.3. The predicted octanol–water partition coefficient (Wildman–Crippen LogP) is 4.35. The fraction of sp³-hybridized carbons (Fsp3) is 0.478. The van der Waals surface area contributed by atoms with Crippen LogP contribution in [0.15, 0.2) is 18.3 Å². The summed E-state index contributed by atoms with van der Waals surface area (Å²) in [7, 11) is 1.30. The monoisotopic (exact) mass is 455 g/mol. The molecular formula is C23H29N5O3S. The number of rotatable bonds is 5. The van der Waals surface area contributed by atoms with Crippen molar-refractivity contribution in [3.05, 3.63) is 34.7 Å². The van der Waals surface area contributed by atoms with Gasteiger partial charge in [-0.25, -0.2) is 14.8 Å². The van der Waals surface area contributed by atoms with Gasteiger partial charge in [0.25, 0.3) is 0 Å². The number of aromatic nitrogens is 3. The van der Waals surface area contributed by atoms with Crippen LogP contribution in [0.5, 0.6) is 0 Å². The molecule has 2 atom stereocenters. The van der Waals surface area contributed by atoms with Crippen LogP contribution in [-0.4, -0.2) is 51.5 Å². The molecule has 1 aliphatic heterocycles. The Morgan fingerprint density at radius 2 is 2.09 bits per heavy atom. The van der Waals surface area contributed by atoms with Crippen LogP contribution in [0.1, 0.15) is 49.1 Å². The Balaban J connectivity index is 1.62. The summed E-state index contributed by atoms with van der Waals surface area (Å²) in [4.78, 5) is 39.7. The van der Waals surface area contributed by atoms with Crippen LogP contribution in [0, 0.1) is 19.8 Å². The molecule has 8 nitrogen and oxygen atoms in total. The maximum Gasteiger partial charge on any atom is 0.407 e. The number of benzene rings is 1. The number of nitrogens with zero attached hydrogens (tertiary/aromatic N) is 3. The Kier molecular flexibility index (Phi) is 6.19. The van der Waals surface area contributed by atoms with Crippen LogP contribution in [-0.2, 0) is 9.53 Å². The number of thiazole rings is 1. The van der Waals surface area contributed by atoms with Crippen LogP contribution in [0.25, 0.3) is 21.5 Å². The number of nitrogens with one attached hydrogen (secondary N) is 2. The molecule has 32 heavy (non-hydrogen) atoms. The molecule has 3 heterocycles. The average Bonchev–Trinajstić information content (AvgIpc) is 3.50. The van der Waals surface area contributed by atoms with Crippen molar-refractivity contribution in [3.8, 4) is 11.3 Å². The van der Waals surface area contributed by atoms with Gasteiger partial charge in [0.1, 0.15) is 11.9 Å². The Morgan fingerprint density at radius 3 is 2.81 bits per heavy atom. The standard InChI is InChI=1S/C23H29N5O3S/c1-12(2)18(27-23(30)31-5)22(29)28-10-6-7-17(28)21-24-11-16(26-21)15-9-8-13(3)19-20(15)32-14(4)25-19/h8-9,11-12,17-18H,6-7,10H2,1-5H3,(H,24,26)(H,27,30)/t17-,18-/m0/s1. The summed E-state index contributed by atoms with van der Waals surface area (Å²) in [6.45, 7) is 8.54. The van der Waals surface area contributed by atoms with E-state index in [2.05, 4.69) is 39.3 Å². The Hall–Kier alpha value is -2.94. The number of carbonyl (C=O) groups is 2. The first-order valence-electron chi connectivity index (χ1n) is 10.9. The first-order valence-corrected chi connectivity index (χ1v) is 11.7. The van der Waals surface area contributed by atoms with Crippen molar-refractivity contribution in [3.63, 3.8) is 0 Å². The van der Waals surface area contributed by atoms with Gasteiger partial charge in [-0.2, -0.15) is 0 Å². The molecule has 4 rings (SSSR count). The zero-order chi connectivity index (χ0) is 23.0. The molecule has 9 heteroatoms. The second-order valence-electron chi connectivity index (χ2n) is 8.57. The molecule has 1 fully saturated rings. The van der Waals surface area contributed by atoms with Crippen LogP contribution >= 0.6 is 11.3 Å². The van der Waals surface area contributed by atoms with Crippen molar-refractivity contribution in [2.75, 3.05) is 13.7 Å². The van der Waals surface area contributed by atoms with Gasteiger partial charge in [-0.1, -0.05) is 26.0 Å². The van der Waals surface area contributed by atoms with E-state index in [1.165, 1.54) is 7.11 Å². The van der Waals surface area contributed by atoms with Gasteiger partial charge >= 0.3 is 6.09 Å². The fourth-order valence-corrected chi connectivity index (χ4v) is 5.31. The molecule has 170 valence electrons. The van der Waals surface area contributed by atoms with Gasteiger partial charge < -0.3 is 19.9 Å². The summed E-state index contributed by atoms with van der Waals surface area (Å²) in [6.07, 6.45) is 2.95. The molecule has 0 saturated carbocycles. The smallest absolute Gasteiger partial charge is 0.407 e. The van der Waals surface area contributed by atoms with Gasteiger partial charge in [0.15, 0.2) is 0 Å². The number of likely N-dealkylation sites (tertiary alicyclic amines) is 1. The van der Waals surface area contributed by atoms with Crippen LogP contribution < -0.4 is 5.32 Å². The third-order valence-electron chi connectivity index (χ3n) is 5.98. The first-order chi connectivity index (χ1) is 15.3. The van der Waals surface area contributed by atoms with Gasteiger partial charge in [0.2, 0.25) is 5.91 Å². The highest BCUT2D eigenvalue weighted by atomic mass is 32.1. The summed E-state index contributed by atoms with van der Waals surface area (Å²) < 4.78 is 5.85. The molecule has 2 amide bonds. The number of amides is 2. The maximum atomic E-state index is 13.3. The number of ether oxygens (including phenoxy) is 1. The summed E-state index contributed by atoms with van der Waals surface area (Å²) in [5.74, 6) is 0.591. The van der Waals surface area contributed by atoms with E-state index in [0.29, 0.717) is 6.54 Å². The molecule has 0 bridgehead atoms. The molecule has 2 aromatic heterocycles. The predicted molar refractivity (Wildman–Crippen MR) is 125 cm³/mol. The number of fused-ring (bicyclic) bond motifs is 1. The minimum atomic E-state index is -0.644. The van der Waals surface area contributed by atoms with Crippen molar-refractivity contribution < 1.29 is 14.3 Å². The fourth-order valence-electron chi connectivity index (χ4n) is 4.29. The minimum Gasteiger partial charge on any atom is -0.453 e. The largest absolute Gasteiger partial charge is 0.453 e. The van der Waals surface area contributed by atoms with Crippen molar-refractivity contribution in [1.82, 2.24) is 25.2 Å². The van der Waals surface area contributed by atoms with Crippen molar-refractivity contribution in [1.29, 1.82) is 0 Å². The van der Waals surface area contributed by atoms with E-state index in [1.807, 2.05) is 31.9 Å². The molecule has 0 spiro atoms. The Bertz CT molecular complexity index is 1150. The quantitative estimate of drug-likeness (QED) is 0.596. The summed E-state index contributed by atoms with van der Waals surface area (Å²) >= 11 is 1.67. The molecule has 1 saturated heterocycles. The van der Waals surface area contributed by atoms with E-state index in [9.17, 15) is 9.59 Å². The van der Waals surface area contributed by atoms with E-state index in [4.69, 9.17) is 4.74 Å². The lowest BCUT2D eigenvalue weighted by atomic mass is 10.0. The van der Waals surface area contributed by atoms with E-state index < -0.39 is 12.1 Å². The van der Waals surface area contributed by atoms with Crippen LogP contribution in [0.3, 0.4) is 0 Å². The number of alkyl carbamates (subject to hydrolysis) is 1. The second kappa shape index (κ2) is 8.90. The van der Waals surface area contributed by atoms with E-state index in [-0.39, 0.29) is 17.9 Å². The van der Waals surface area contributed by atoms with Crippen molar-refractivity contribution >= 4 is 33.6 Å². The second-order valence-corrected chi connectivity index (χ2v) is 9.77. The number of methoxy groups -OCH3 is 1. The number of aromatic amines is 1. The highest BCUT2D eigenvalue weighted by Crippen LogP contribution is 2.36. The lowest BCUT2D eigenvalue weighted by molar-refractivity contribution is -0.135. The number of H-pyrrole nitrogens is 1. The van der Waals surface area contributed by atoms with Crippen LogP contribution in [0.2, 0.25) is 0 Å². The normalized spacial score (nSPS) is 17.2. The molecule has 3 aromatic rings. The first kappa shape index (κ1) is 22.3. The van der Waals surface area contributed by atoms with Crippen LogP contribution in [0.4, 0.5) is 4.79 Å². The van der Waals surface area contributed by atoms with E-state index in [0.717, 1.165) is 50.7 Å². The molecule has 1 aromatic carbocycles. The highest BCUT2D eigenvalue weighted by molar-refractivity contribution is 7.19. The number of imidazole rings is 1. The third-order valence-corrected chi connectivity index (χ3v) is 6.98. The summed E-state index contributed by atoms with van der Waals surface area (Å²) in [5, 5.41) is 3.71. The van der Waals surface area contributed by atoms with E-state index >= 15 is 0 Å². The van der Waals surface area contributed by atoms with E-state index in [1.54, 1.807) is 11.3 Å². The number of aryl methyl sites for hydroxylation is 2. The highest BCUT2D eigenvalue weighted by Gasteiger charge is 2.37. The topological polar surface area (TPSA) is 100 Å². The number of carbonyl (C=O) groups excluding carboxylic acids is 2. The minimum absolute atomic E-state index is 0.0644. The molecule has 1 aliphatic rings.